The molecule has 0 spiro atoms. The molecule has 0 aliphatic rings. The van der Waals surface area contributed by atoms with Gasteiger partial charge in [-0.3, -0.25) is 9.59 Å². The lowest BCUT2D eigenvalue weighted by atomic mass is 10.1. The maximum atomic E-state index is 12.9. The van der Waals surface area contributed by atoms with Crippen LogP contribution >= 0.6 is 0 Å². The molecule has 2 aromatic carbocycles. The Bertz CT molecular complexity index is 1500. The Balaban J connectivity index is 1.52. The number of furan rings is 1. The second-order valence-corrected chi connectivity index (χ2v) is 8.02. The number of esters is 1. The molecule has 0 atom stereocenters. The van der Waals surface area contributed by atoms with Gasteiger partial charge < -0.3 is 14.5 Å². The van der Waals surface area contributed by atoms with Crippen LogP contribution in [0.5, 0.6) is 0 Å². The molecule has 0 bridgehead atoms. The molecule has 4 rings (SSSR count). The van der Waals surface area contributed by atoms with Crippen molar-refractivity contribution in [1.29, 1.82) is 5.26 Å². The highest BCUT2D eigenvalue weighted by Crippen LogP contribution is 2.30. The number of aromatic nitrogens is 2. The minimum absolute atomic E-state index is 0.0324. The normalized spacial score (nSPS) is 10.9. The Labute approximate surface area is 200 Å². The number of nitrogens with zero attached hydrogens (tertiary/aromatic N) is 3. The van der Waals surface area contributed by atoms with E-state index in [9.17, 15) is 19.6 Å². The molecule has 2 aromatic heterocycles. The highest BCUT2D eigenvalue weighted by Gasteiger charge is 2.21. The maximum Gasteiger partial charge on any atom is 0.359 e. The lowest BCUT2D eigenvalue weighted by Gasteiger charge is -2.11. The first-order chi connectivity index (χ1) is 17.0. The molecule has 0 aliphatic carbocycles. The number of carbonyl (C=O) groups excluding carboxylic acids is 2. The van der Waals surface area contributed by atoms with Gasteiger partial charge in [0.1, 0.15) is 17.3 Å². The topological polar surface area (TPSA) is 127 Å². The van der Waals surface area contributed by atoms with Crippen molar-refractivity contribution in [1.82, 2.24) is 9.78 Å². The Kier molecular flexibility index (Phi) is 7.21. The quantitative estimate of drug-likeness (QED) is 0.283. The maximum absolute atomic E-state index is 12.9. The molecule has 0 fully saturated rings. The highest BCUT2D eigenvalue weighted by atomic mass is 16.5. The van der Waals surface area contributed by atoms with E-state index in [0.29, 0.717) is 28.3 Å². The van der Waals surface area contributed by atoms with E-state index in [1.807, 2.05) is 6.07 Å². The third-order valence-corrected chi connectivity index (χ3v) is 5.58. The van der Waals surface area contributed by atoms with Crippen LogP contribution in [0.1, 0.15) is 48.9 Å². The largest absolute Gasteiger partial charge is 0.451 e. The summed E-state index contributed by atoms with van der Waals surface area (Å²) in [7, 11) is 0. The van der Waals surface area contributed by atoms with Crippen LogP contribution in [-0.4, -0.2) is 28.3 Å². The molecular formula is C26H24N4O5. The van der Waals surface area contributed by atoms with Crippen LogP contribution in [0.25, 0.3) is 21.7 Å². The van der Waals surface area contributed by atoms with Gasteiger partial charge in [0.25, 0.3) is 11.5 Å². The number of carbonyl (C=O) groups is 2. The van der Waals surface area contributed by atoms with Crippen molar-refractivity contribution in [3.63, 3.8) is 0 Å². The van der Waals surface area contributed by atoms with Gasteiger partial charge in [-0.05, 0) is 24.6 Å². The highest BCUT2D eigenvalue weighted by molar-refractivity contribution is 6.05. The van der Waals surface area contributed by atoms with Gasteiger partial charge >= 0.3 is 5.97 Å². The first-order valence-corrected chi connectivity index (χ1v) is 11.4. The average Bonchev–Trinajstić information content (AvgIpc) is 3.23. The number of amides is 1. The number of nitriles is 1. The van der Waals surface area contributed by atoms with Crippen molar-refractivity contribution in [2.75, 3.05) is 11.9 Å². The molecule has 178 valence electrons. The van der Waals surface area contributed by atoms with Crippen molar-refractivity contribution in [2.24, 2.45) is 0 Å². The molecule has 1 amide bonds. The van der Waals surface area contributed by atoms with Gasteiger partial charge in [-0.15, -0.1) is 0 Å². The summed E-state index contributed by atoms with van der Waals surface area (Å²) in [6, 6.07) is 15.5. The first kappa shape index (κ1) is 23.7. The predicted octanol–water partition coefficient (Wildman–Crippen LogP) is 4.39. The number of rotatable bonds is 9. The van der Waals surface area contributed by atoms with Crippen molar-refractivity contribution in [2.45, 2.75) is 39.2 Å². The number of ether oxygens (including phenoxy) is 1. The van der Waals surface area contributed by atoms with Crippen LogP contribution in [0, 0.1) is 11.3 Å². The van der Waals surface area contributed by atoms with E-state index in [2.05, 4.69) is 17.3 Å². The molecule has 0 saturated carbocycles. The van der Waals surface area contributed by atoms with Gasteiger partial charge in [0, 0.05) is 17.3 Å². The zero-order valence-corrected chi connectivity index (χ0v) is 19.2. The second-order valence-electron chi connectivity index (χ2n) is 8.02. The number of unbranched alkanes of at least 4 members (excludes halogenated alkanes) is 3. The minimum Gasteiger partial charge on any atom is -0.451 e. The zero-order valence-electron chi connectivity index (χ0n) is 19.2. The molecule has 1 N–H and O–H groups in total. The third kappa shape index (κ3) is 5.06. The van der Waals surface area contributed by atoms with E-state index in [-0.39, 0.29) is 22.7 Å². The summed E-state index contributed by atoms with van der Waals surface area (Å²) in [5, 5.41) is 17.4. The molecule has 2 heterocycles. The molecule has 0 saturated heterocycles. The van der Waals surface area contributed by atoms with Crippen LogP contribution in [0.15, 0.2) is 57.7 Å². The average molecular weight is 473 g/mol. The van der Waals surface area contributed by atoms with E-state index < -0.39 is 18.5 Å². The van der Waals surface area contributed by atoms with Crippen molar-refractivity contribution in [3.05, 3.63) is 70.3 Å². The van der Waals surface area contributed by atoms with Crippen LogP contribution < -0.4 is 10.9 Å². The fourth-order valence-corrected chi connectivity index (χ4v) is 3.85. The van der Waals surface area contributed by atoms with Crippen LogP contribution in [0.2, 0.25) is 0 Å². The molecule has 9 heteroatoms. The van der Waals surface area contributed by atoms with Crippen LogP contribution in [-0.2, 0) is 16.1 Å². The molecule has 9 nitrogen and oxygen atoms in total. The van der Waals surface area contributed by atoms with Crippen LogP contribution in [0.4, 0.5) is 5.69 Å². The van der Waals surface area contributed by atoms with E-state index >= 15 is 0 Å². The van der Waals surface area contributed by atoms with E-state index in [1.54, 1.807) is 48.5 Å². The molecule has 4 aromatic rings. The fourth-order valence-electron chi connectivity index (χ4n) is 3.85. The molecular weight excluding hydrogens is 448 g/mol. The number of hydrogen-bond donors (Lipinski definition) is 1. The number of aryl methyl sites for hydroxylation is 1. The number of benzene rings is 2. The standard InChI is InChI=1S/C26H24N4O5/c1-2-3-4-9-14-30-25(32)18-11-6-5-10-17(18)24(29-30)26(33)34-16-22(31)28-23-19-12-7-8-13-20(19)35-21(23)15-27/h5-8,10-13H,2-4,9,14,16H2,1H3,(H,28,31). The van der Waals surface area contributed by atoms with Gasteiger partial charge in [-0.2, -0.15) is 10.4 Å². The lowest BCUT2D eigenvalue weighted by molar-refractivity contribution is -0.119. The minimum atomic E-state index is -0.823. The summed E-state index contributed by atoms with van der Waals surface area (Å²) >= 11 is 0. The number of hydrogen-bond acceptors (Lipinski definition) is 7. The fraction of sp³-hybridized carbons (Fsp3) is 0.269. The summed E-state index contributed by atoms with van der Waals surface area (Å²) < 4.78 is 11.9. The second kappa shape index (κ2) is 10.7. The number of fused-ring (bicyclic) bond motifs is 2. The zero-order chi connectivity index (χ0) is 24.8. The van der Waals surface area contributed by atoms with E-state index in [4.69, 9.17) is 9.15 Å². The summed E-state index contributed by atoms with van der Waals surface area (Å²) in [6.07, 6.45) is 3.82. The van der Waals surface area contributed by atoms with Crippen molar-refractivity contribution >= 4 is 39.3 Å². The first-order valence-electron chi connectivity index (χ1n) is 11.4. The van der Waals surface area contributed by atoms with E-state index in [0.717, 1.165) is 25.7 Å². The van der Waals surface area contributed by atoms with Crippen molar-refractivity contribution < 1.29 is 18.7 Å². The van der Waals surface area contributed by atoms with Gasteiger partial charge in [0.2, 0.25) is 5.76 Å². The molecule has 0 radical (unpaired) electrons. The number of para-hydroxylation sites is 1. The monoisotopic (exact) mass is 472 g/mol. The SMILES string of the molecule is CCCCCCn1nc(C(=O)OCC(=O)Nc2c(C#N)oc3ccccc23)c2ccccc2c1=O. The Morgan fingerprint density at radius 2 is 1.77 bits per heavy atom. The van der Waals surface area contributed by atoms with E-state index in [1.165, 1.54) is 4.68 Å². The summed E-state index contributed by atoms with van der Waals surface area (Å²) in [5.74, 6) is -1.51. The van der Waals surface area contributed by atoms with Gasteiger partial charge in [-0.1, -0.05) is 56.5 Å². The Morgan fingerprint density at radius 3 is 2.51 bits per heavy atom. The molecule has 0 aliphatic heterocycles. The van der Waals surface area contributed by atoms with Gasteiger partial charge in [0.15, 0.2) is 12.3 Å². The summed E-state index contributed by atoms with van der Waals surface area (Å²) in [5.41, 5.74) is 0.360. The third-order valence-electron chi connectivity index (χ3n) is 5.58. The van der Waals surface area contributed by atoms with Crippen molar-refractivity contribution in [3.8, 4) is 6.07 Å². The Hall–Kier alpha value is -4.45. The lowest BCUT2D eigenvalue weighted by Crippen LogP contribution is -2.28. The van der Waals surface area contributed by atoms with Gasteiger partial charge in [0.05, 0.1) is 5.39 Å². The van der Waals surface area contributed by atoms with Crippen LogP contribution in [0.3, 0.4) is 0 Å². The Morgan fingerprint density at radius 1 is 1.06 bits per heavy atom. The number of anilines is 1. The summed E-state index contributed by atoms with van der Waals surface area (Å²) in [4.78, 5) is 38.2. The predicted molar refractivity (Wildman–Crippen MR) is 130 cm³/mol. The smallest absolute Gasteiger partial charge is 0.359 e. The summed E-state index contributed by atoms with van der Waals surface area (Å²) in [6.45, 7) is 1.88. The van der Waals surface area contributed by atoms with Gasteiger partial charge in [-0.25, -0.2) is 9.48 Å². The molecule has 0 unspecified atom stereocenters. The molecule has 35 heavy (non-hydrogen) atoms. The number of nitrogens with one attached hydrogen (secondary N) is 1.